The largest absolute Gasteiger partial charge is 0.395 e. The Balaban J connectivity index is 3.11. The molecule has 0 saturated heterocycles. The van der Waals surface area contributed by atoms with Crippen molar-refractivity contribution < 1.29 is 5.11 Å². The van der Waals surface area contributed by atoms with Crippen LogP contribution < -0.4 is 0 Å². The van der Waals surface area contributed by atoms with Gasteiger partial charge in [-0.2, -0.15) is 0 Å². The molecule has 0 aliphatic carbocycles. The van der Waals surface area contributed by atoms with Crippen LogP contribution in [0.25, 0.3) is 0 Å². The molecule has 14 heavy (non-hydrogen) atoms. The zero-order chi connectivity index (χ0) is 10.6. The Labute approximate surface area is 85.4 Å². The molecule has 0 bridgehead atoms. The topological polar surface area (TPSA) is 36.0 Å². The molecule has 76 valence electrons. The first-order chi connectivity index (χ1) is 6.71. The second-order valence-electron chi connectivity index (χ2n) is 3.64. The molecule has 0 fully saturated rings. The lowest BCUT2D eigenvalue weighted by Gasteiger charge is -2.33. The summed E-state index contributed by atoms with van der Waals surface area (Å²) in [5.41, 5.74) is 0.700. The van der Waals surface area contributed by atoms with Crippen LogP contribution in [-0.4, -0.2) is 16.7 Å². The number of terminal acetylenes is 1. The highest BCUT2D eigenvalue weighted by molar-refractivity contribution is 5.23. The maximum absolute atomic E-state index is 9.53. The summed E-state index contributed by atoms with van der Waals surface area (Å²) < 4.78 is 0. The van der Waals surface area contributed by atoms with Crippen LogP contribution in [0.1, 0.15) is 26.0 Å². The molecule has 1 aromatic heterocycles. The van der Waals surface area contributed by atoms with Crippen molar-refractivity contribution in [3.63, 3.8) is 0 Å². The van der Waals surface area contributed by atoms with Gasteiger partial charge in [0, 0.05) is 23.2 Å². The van der Waals surface area contributed by atoms with E-state index in [4.69, 9.17) is 6.42 Å². The van der Waals surface area contributed by atoms with Gasteiger partial charge in [0.2, 0.25) is 0 Å². The summed E-state index contributed by atoms with van der Waals surface area (Å²) in [6.45, 7) is 4.10. The lowest BCUT2D eigenvalue weighted by molar-refractivity contribution is 0.156. The van der Waals surface area contributed by atoms with E-state index >= 15 is 0 Å². The molecule has 2 N–H and O–H groups in total. The first-order valence-electron chi connectivity index (χ1n) is 4.92. The normalized spacial score (nSPS) is 17.0. The molecule has 0 spiro atoms. The summed E-state index contributed by atoms with van der Waals surface area (Å²) >= 11 is 0. The molecule has 1 heterocycles. The van der Waals surface area contributed by atoms with Gasteiger partial charge in [0.05, 0.1) is 6.61 Å². The van der Waals surface area contributed by atoms with Crippen molar-refractivity contribution in [2.24, 2.45) is 5.92 Å². The fraction of sp³-hybridized carbons (Fsp3) is 0.500. The van der Waals surface area contributed by atoms with Crippen LogP contribution in [0, 0.1) is 18.3 Å². The number of aromatic amines is 1. The molecule has 0 aromatic carbocycles. The molecule has 2 nitrogen and oxygen atoms in total. The monoisotopic (exact) mass is 191 g/mol. The lowest BCUT2D eigenvalue weighted by atomic mass is 9.72. The van der Waals surface area contributed by atoms with Crippen molar-refractivity contribution in [3.8, 4) is 12.3 Å². The second-order valence-corrected chi connectivity index (χ2v) is 3.64. The third kappa shape index (κ3) is 1.56. The van der Waals surface area contributed by atoms with E-state index in [1.165, 1.54) is 0 Å². The van der Waals surface area contributed by atoms with Crippen LogP contribution in [0.5, 0.6) is 0 Å². The first kappa shape index (κ1) is 10.9. The minimum Gasteiger partial charge on any atom is -0.395 e. The van der Waals surface area contributed by atoms with E-state index in [9.17, 15) is 5.11 Å². The molecule has 1 aromatic rings. The Hall–Kier alpha value is -1.20. The molecular formula is C12H17NO. The van der Waals surface area contributed by atoms with E-state index in [2.05, 4.69) is 10.9 Å². The highest BCUT2D eigenvalue weighted by Gasteiger charge is 2.35. The zero-order valence-electron chi connectivity index (χ0n) is 8.75. The van der Waals surface area contributed by atoms with Crippen molar-refractivity contribution in [2.75, 3.05) is 6.61 Å². The zero-order valence-corrected chi connectivity index (χ0v) is 8.75. The number of hydrogen-bond donors (Lipinski definition) is 2. The van der Waals surface area contributed by atoms with Gasteiger partial charge in [-0.15, -0.1) is 12.3 Å². The van der Waals surface area contributed by atoms with Gasteiger partial charge in [-0.1, -0.05) is 13.8 Å². The van der Waals surface area contributed by atoms with Crippen molar-refractivity contribution >= 4 is 0 Å². The minimum atomic E-state index is -0.321. The van der Waals surface area contributed by atoms with E-state index in [0.29, 0.717) is 0 Å². The van der Waals surface area contributed by atoms with E-state index in [1.54, 1.807) is 0 Å². The third-order valence-corrected chi connectivity index (χ3v) is 3.13. The number of nitrogens with one attached hydrogen (secondary N) is 1. The first-order valence-corrected chi connectivity index (χ1v) is 4.92. The predicted molar refractivity (Wildman–Crippen MR) is 57.8 cm³/mol. The molecule has 1 rings (SSSR count). The summed E-state index contributed by atoms with van der Waals surface area (Å²) in [6.07, 6.45) is 8.13. The van der Waals surface area contributed by atoms with Crippen LogP contribution in [0.15, 0.2) is 18.3 Å². The van der Waals surface area contributed by atoms with Crippen LogP contribution in [0.2, 0.25) is 0 Å². The number of H-pyrrole nitrogens is 1. The number of aliphatic hydroxyl groups is 1. The molecule has 2 atom stereocenters. The van der Waals surface area contributed by atoms with Crippen LogP contribution in [0.4, 0.5) is 0 Å². The maximum atomic E-state index is 9.53. The molecule has 0 radical (unpaired) electrons. The highest BCUT2D eigenvalue weighted by atomic mass is 16.3. The lowest BCUT2D eigenvalue weighted by Crippen LogP contribution is -2.36. The van der Waals surface area contributed by atoms with E-state index in [0.717, 1.165) is 12.1 Å². The molecule has 0 saturated carbocycles. The fourth-order valence-electron chi connectivity index (χ4n) is 1.86. The summed E-state index contributed by atoms with van der Waals surface area (Å²) in [4.78, 5) is 3.14. The Bertz CT molecular complexity index is 304. The third-order valence-electron chi connectivity index (χ3n) is 3.13. The van der Waals surface area contributed by atoms with Gasteiger partial charge in [0.15, 0.2) is 0 Å². The average molecular weight is 191 g/mol. The maximum Gasteiger partial charge on any atom is 0.0554 e. The van der Waals surface area contributed by atoms with Crippen LogP contribution in [0.3, 0.4) is 0 Å². The number of rotatable bonds is 4. The Morgan fingerprint density at radius 2 is 2.43 bits per heavy atom. The highest BCUT2D eigenvalue weighted by Crippen LogP contribution is 2.33. The number of aromatic nitrogens is 1. The Morgan fingerprint density at radius 1 is 1.71 bits per heavy atom. The van der Waals surface area contributed by atoms with Gasteiger partial charge in [-0.3, -0.25) is 0 Å². The van der Waals surface area contributed by atoms with Crippen molar-refractivity contribution in [3.05, 3.63) is 24.0 Å². The van der Waals surface area contributed by atoms with Gasteiger partial charge in [-0.05, 0) is 18.6 Å². The van der Waals surface area contributed by atoms with Crippen molar-refractivity contribution in [1.29, 1.82) is 0 Å². The quantitative estimate of drug-likeness (QED) is 0.701. The molecule has 0 aliphatic heterocycles. The molecular weight excluding hydrogens is 174 g/mol. The summed E-state index contributed by atoms with van der Waals surface area (Å²) in [5.74, 6) is 2.74. The Morgan fingerprint density at radius 3 is 2.79 bits per heavy atom. The van der Waals surface area contributed by atoms with Crippen LogP contribution >= 0.6 is 0 Å². The molecule has 0 aliphatic rings. The molecule has 2 heteroatoms. The van der Waals surface area contributed by atoms with Crippen molar-refractivity contribution in [1.82, 2.24) is 4.98 Å². The summed E-state index contributed by atoms with van der Waals surface area (Å²) in [6, 6.07) is 3.91. The van der Waals surface area contributed by atoms with E-state index < -0.39 is 0 Å². The number of aliphatic hydroxyl groups excluding tert-OH is 1. The smallest absolute Gasteiger partial charge is 0.0554 e. The standard InChI is InChI=1S/C12H17NO/c1-4-10(3)12(5-2,9-14)11-7-6-8-13-11/h1,6-8,10,13-14H,5,9H2,2-3H3. The van der Waals surface area contributed by atoms with Gasteiger partial charge in [0.1, 0.15) is 0 Å². The predicted octanol–water partition coefficient (Wildman–Crippen LogP) is 1.92. The van der Waals surface area contributed by atoms with E-state index in [-0.39, 0.29) is 17.9 Å². The van der Waals surface area contributed by atoms with Crippen molar-refractivity contribution in [2.45, 2.75) is 25.7 Å². The number of hydrogen-bond acceptors (Lipinski definition) is 1. The van der Waals surface area contributed by atoms with Gasteiger partial charge in [0.25, 0.3) is 0 Å². The minimum absolute atomic E-state index is 0.0242. The molecule has 0 amide bonds. The summed E-state index contributed by atoms with van der Waals surface area (Å²) in [7, 11) is 0. The van der Waals surface area contributed by atoms with E-state index in [1.807, 2.05) is 32.2 Å². The van der Waals surface area contributed by atoms with Gasteiger partial charge < -0.3 is 10.1 Å². The van der Waals surface area contributed by atoms with Gasteiger partial charge >= 0.3 is 0 Å². The summed E-state index contributed by atoms with van der Waals surface area (Å²) in [5, 5.41) is 9.53. The average Bonchev–Trinajstić information content (AvgIpc) is 2.74. The SMILES string of the molecule is C#CC(C)C(CC)(CO)c1ccc[nH]1. The Kier molecular flexibility index (Phi) is 3.38. The second kappa shape index (κ2) is 4.34. The molecule has 2 unspecified atom stereocenters. The van der Waals surface area contributed by atoms with Crippen LogP contribution in [-0.2, 0) is 5.41 Å². The fourth-order valence-corrected chi connectivity index (χ4v) is 1.86. The van der Waals surface area contributed by atoms with Gasteiger partial charge in [-0.25, -0.2) is 0 Å².